The minimum Gasteiger partial charge on any atom is -0.497 e. The standard InChI is InChI=1S/C25H24N4O5S3/c1-34-20-6-8-21(9-7-20)36(30,31)22-12-19(13-22)28-37(32,33)29-10-11-35-25-23(15-27-16-24(25)29)18-4-2-17(14-26)3-5-18/h2-9,15-16,19,22,28H,10-13H2,1H3. The van der Waals surface area contributed by atoms with E-state index in [9.17, 15) is 16.8 Å². The van der Waals surface area contributed by atoms with Crippen molar-refractivity contribution >= 4 is 37.5 Å². The zero-order valence-corrected chi connectivity index (χ0v) is 22.3. The van der Waals surface area contributed by atoms with Gasteiger partial charge in [-0.2, -0.15) is 18.4 Å². The van der Waals surface area contributed by atoms with E-state index in [1.165, 1.54) is 29.7 Å². The molecule has 2 heterocycles. The lowest BCUT2D eigenvalue weighted by molar-refractivity contribution is 0.378. The highest BCUT2D eigenvalue weighted by molar-refractivity contribution is 8.00. The first kappa shape index (κ1) is 25.5. The number of nitriles is 1. The van der Waals surface area contributed by atoms with Crippen LogP contribution in [-0.2, 0) is 20.0 Å². The van der Waals surface area contributed by atoms with E-state index in [0.717, 1.165) is 16.0 Å². The minimum absolute atomic E-state index is 0.197. The van der Waals surface area contributed by atoms with Gasteiger partial charge in [0.05, 0.1) is 40.8 Å². The summed E-state index contributed by atoms with van der Waals surface area (Å²) < 4.78 is 61.7. The van der Waals surface area contributed by atoms with Gasteiger partial charge < -0.3 is 4.74 Å². The number of anilines is 1. The van der Waals surface area contributed by atoms with Gasteiger partial charge in [-0.15, -0.1) is 11.8 Å². The minimum atomic E-state index is -3.93. The molecule has 2 aromatic carbocycles. The number of sulfone groups is 1. The Morgan fingerprint density at radius 3 is 2.41 bits per heavy atom. The van der Waals surface area contributed by atoms with Gasteiger partial charge in [-0.1, -0.05) is 12.1 Å². The number of nitrogens with one attached hydrogen (secondary N) is 1. The van der Waals surface area contributed by atoms with E-state index >= 15 is 0 Å². The Bertz CT molecular complexity index is 1560. The fraction of sp³-hybridized carbons (Fsp3) is 0.280. The van der Waals surface area contributed by atoms with Crippen molar-refractivity contribution in [2.24, 2.45) is 0 Å². The molecule has 1 fully saturated rings. The number of rotatable bonds is 7. The zero-order chi connectivity index (χ0) is 26.2. The molecule has 0 amide bonds. The van der Waals surface area contributed by atoms with Crippen LogP contribution in [0.1, 0.15) is 18.4 Å². The molecule has 0 radical (unpaired) electrons. The Morgan fingerprint density at radius 2 is 1.76 bits per heavy atom. The van der Waals surface area contributed by atoms with Gasteiger partial charge in [0.15, 0.2) is 9.84 Å². The molecule has 0 atom stereocenters. The molecule has 12 heteroatoms. The average Bonchev–Trinajstić information content (AvgIpc) is 2.89. The fourth-order valence-corrected chi connectivity index (χ4v) is 9.07. The van der Waals surface area contributed by atoms with Crippen molar-refractivity contribution in [3.8, 4) is 22.9 Å². The summed E-state index contributed by atoms with van der Waals surface area (Å²) in [7, 11) is -5.99. The molecule has 9 nitrogen and oxygen atoms in total. The van der Waals surface area contributed by atoms with Crippen LogP contribution in [0.15, 0.2) is 70.7 Å². The lowest BCUT2D eigenvalue weighted by Crippen LogP contribution is -2.54. The van der Waals surface area contributed by atoms with Gasteiger partial charge in [0.25, 0.3) is 0 Å². The number of hydrogen-bond acceptors (Lipinski definition) is 8. The van der Waals surface area contributed by atoms with Gasteiger partial charge in [-0.05, 0) is 54.8 Å². The third-order valence-electron chi connectivity index (χ3n) is 6.54. The second-order valence-corrected chi connectivity index (χ2v) is 13.7. The molecular formula is C25H24N4O5S3. The first-order valence-corrected chi connectivity index (χ1v) is 15.5. The summed E-state index contributed by atoms with van der Waals surface area (Å²) in [6, 6.07) is 14.9. The maximum absolute atomic E-state index is 13.4. The van der Waals surface area contributed by atoms with Crippen LogP contribution < -0.4 is 13.8 Å². The molecule has 0 unspecified atom stereocenters. The fourth-order valence-electron chi connectivity index (χ4n) is 4.44. The molecule has 1 aromatic heterocycles. The highest BCUT2D eigenvalue weighted by Gasteiger charge is 2.42. The van der Waals surface area contributed by atoms with E-state index < -0.39 is 31.3 Å². The molecule has 37 heavy (non-hydrogen) atoms. The van der Waals surface area contributed by atoms with Crippen LogP contribution >= 0.6 is 11.8 Å². The van der Waals surface area contributed by atoms with E-state index in [1.54, 1.807) is 42.2 Å². The molecule has 1 saturated carbocycles. The van der Waals surface area contributed by atoms with E-state index in [4.69, 9.17) is 10.00 Å². The number of nitrogens with zero attached hydrogens (tertiary/aromatic N) is 3. The van der Waals surface area contributed by atoms with Crippen LogP contribution in [0.3, 0.4) is 0 Å². The first-order valence-electron chi connectivity index (χ1n) is 11.5. The summed E-state index contributed by atoms with van der Waals surface area (Å²) in [5, 5.41) is 8.42. The molecule has 1 aliphatic carbocycles. The highest BCUT2D eigenvalue weighted by atomic mass is 32.2. The lowest BCUT2D eigenvalue weighted by atomic mass is 9.93. The monoisotopic (exact) mass is 556 g/mol. The average molecular weight is 557 g/mol. The van der Waals surface area contributed by atoms with Gasteiger partial charge >= 0.3 is 10.2 Å². The summed E-state index contributed by atoms with van der Waals surface area (Å²) in [5.74, 6) is 1.12. The number of thioether (sulfide) groups is 1. The molecule has 3 aromatic rings. The SMILES string of the molecule is COc1ccc(S(=O)(=O)C2CC(NS(=O)(=O)N3CCSc4c(-c5ccc(C#N)cc5)cncc43)C2)cc1. The summed E-state index contributed by atoms with van der Waals surface area (Å²) in [6.07, 6.45) is 3.63. The maximum Gasteiger partial charge on any atom is 0.301 e. The third kappa shape index (κ3) is 4.92. The number of fused-ring (bicyclic) bond motifs is 1. The number of benzene rings is 2. The predicted molar refractivity (Wildman–Crippen MR) is 142 cm³/mol. The van der Waals surface area contributed by atoms with E-state index in [1.807, 2.05) is 12.1 Å². The van der Waals surface area contributed by atoms with Gasteiger partial charge in [-0.25, -0.2) is 8.42 Å². The number of methoxy groups -OCH3 is 1. The molecule has 0 bridgehead atoms. The van der Waals surface area contributed by atoms with Gasteiger partial charge in [0.2, 0.25) is 0 Å². The van der Waals surface area contributed by atoms with E-state index in [0.29, 0.717) is 22.8 Å². The summed E-state index contributed by atoms with van der Waals surface area (Å²) in [6.45, 7) is 0.270. The zero-order valence-electron chi connectivity index (χ0n) is 19.9. The molecule has 1 N–H and O–H groups in total. The molecule has 2 aliphatic rings. The van der Waals surface area contributed by atoms with Crippen molar-refractivity contribution in [3.05, 3.63) is 66.5 Å². The number of ether oxygens (including phenoxy) is 1. The number of pyridine rings is 1. The van der Waals surface area contributed by atoms with E-state index in [2.05, 4.69) is 15.8 Å². The Hall–Kier alpha value is -3.11. The first-order chi connectivity index (χ1) is 17.7. The second-order valence-electron chi connectivity index (χ2n) is 8.78. The molecule has 192 valence electrons. The van der Waals surface area contributed by atoms with Crippen molar-refractivity contribution < 1.29 is 21.6 Å². The normalized spacial score (nSPS) is 19.4. The Labute approximate surface area is 220 Å². The quantitative estimate of drug-likeness (QED) is 0.469. The van der Waals surface area contributed by atoms with Crippen molar-refractivity contribution in [1.82, 2.24) is 9.71 Å². The molecular weight excluding hydrogens is 532 g/mol. The van der Waals surface area contributed by atoms with Crippen molar-refractivity contribution in [2.45, 2.75) is 33.9 Å². The van der Waals surface area contributed by atoms with E-state index in [-0.39, 0.29) is 24.3 Å². The van der Waals surface area contributed by atoms with Crippen LogP contribution in [-0.4, -0.2) is 52.5 Å². The largest absolute Gasteiger partial charge is 0.497 e. The smallest absolute Gasteiger partial charge is 0.301 e. The van der Waals surface area contributed by atoms with Crippen LogP contribution in [0.4, 0.5) is 5.69 Å². The Kier molecular flexibility index (Phi) is 6.89. The van der Waals surface area contributed by atoms with Crippen molar-refractivity contribution in [2.75, 3.05) is 23.7 Å². The topological polar surface area (TPSA) is 129 Å². The Morgan fingerprint density at radius 1 is 1.05 bits per heavy atom. The van der Waals surface area contributed by atoms with Crippen molar-refractivity contribution in [1.29, 1.82) is 5.26 Å². The molecule has 1 aliphatic heterocycles. The molecule has 5 rings (SSSR count). The number of aromatic nitrogens is 1. The molecule has 0 saturated heterocycles. The Balaban J connectivity index is 1.31. The van der Waals surface area contributed by atoms with Gasteiger partial charge in [-0.3, -0.25) is 9.29 Å². The highest BCUT2D eigenvalue weighted by Crippen LogP contribution is 2.42. The van der Waals surface area contributed by atoms with Crippen LogP contribution in [0, 0.1) is 11.3 Å². The number of hydrogen-bond donors (Lipinski definition) is 1. The van der Waals surface area contributed by atoms with Crippen LogP contribution in [0.5, 0.6) is 5.75 Å². The van der Waals surface area contributed by atoms with Gasteiger partial charge in [0, 0.05) is 35.0 Å². The van der Waals surface area contributed by atoms with Crippen LogP contribution in [0.25, 0.3) is 11.1 Å². The lowest BCUT2D eigenvalue weighted by Gasteiger charge is -2.38. The predicted octanol–water partition coefficient (Wildman–Crippen LogP) is 3.38. The summed E-state index contributed by atoms with van der Waals surface area (Å²) in [5.41, 5.74) is 2.65. The maximum atomic E-state index is 13.4. The third-order valence-corrected chi connectivity index (χ3v) is 11.4. The van der Waals surface area contributed by atoms with Crippen LogP contribution in [0.2, 0.25) is 0 Å². The molecule has 0 spiro atoms. The van der Waals surface area contributed by atoms with Crippen molar-refractivity contribution in [3.63, 3.8) is 0 Å². The summed E-state index contributed by atoms with van der Waals surface area (Å²) >= 11 is 1.56. The summed E-state index contributed by atoms with van der Waals surface area (Å²) in [4.78, 5) is 5.28. The van der Waals surface area contributed by atoms with Gasteiger partial charge in [0.1, 0.15) is 5.75 Å². The second kappa shape index (κ2) is 9.98.